The normalized spacial score (nSPS) is 18.2. The fourth-order valence-corrected chi connectivity index (χ4v) is 3.84. The summed E-state index contributed by atoms with van der Waals surface area (Å²) in [6, 6.07) is 10.4. The van der Waals surface area contributed by atoms with Gasteiger partial charge in [0.05, 0.1) is 30.7 Å². The number of fused-ring (bicyclic) bond motifs is 1. The van der Waals surface area contributed by atoms with E-state index in [0.29, 0.717) is 30.2 Å². The summed E-state index contributed by atoms with van der Waals surface area (Å²) >= 11 is 0. The van der Waals surface area contributed by atoms with Crippen molar-refractivity contribution in [3.63, 3.8) is 0 Å². The minimum absolute atomic E-state index is 0.131. The zero-order chi connectivity index (χ0) is 22.1. The van der Waals surface area contributed by atoms with E-state index in [1.165, 1.54) is 0 Å². The van der Waals surface area contributed by atoms with Crippen LogP contribution in [-0.4, -0.2) is 56.3 Å². The number of amides is 1. The Morgan fingerprint density at radius 1 is 1.09 bits per heavy atom. The number of β-amino-alcohol motifs (C(OH)–C–C–N with tert-alkyl or cyclic N) is 1. The number of pyridine rings is 1. The first-order valence-electron chi connectivity index (χ1n) is 10.2. The van der Waals surface area contributed by atoms with E-state index in [9.17, 15) is 9.90 Å². The van der Waals surface area contributed by atoms with Crippen LogP contribution in [0, 0.1) is 0 Å². The van der Waals surface area contributed by atoms with Gasteiger partial charge >= 0.3 is 0 Å². The third-order valence-electron chi connectivity index (χ3n) is 5.56. The van der Waals surface area contributed by atoms with Gasteiger partial charge in [0.15, 0.2) is 0 Å². The number of hydrogen-bond acceptors (Lipinski definition) is 8. The number of carbonyl (C=O) groups excluding carboxylic acids is 1. The monoisotopic (exact) mass is 431 g/mol. The number of nitrogens with zero attached hydrogens (tertiary/aromatic N) is 4. The molecule has 162 valence electrons. The molecule has 5 rings (SSSR count). The second-order valence-corrected chi connectivity index (χ2v) is 7.67. The summed E-state index contributed by atoms with van der Waals surface area (Å²) in [4.78, 5) is 27.4. The molecule has 0 saturated carbocycles. The number of aliphatic hydroxyl groups excluding tert-OH is 2. The van der Waals surface area contributed by atoms with Crippen LogP contribution in [0.1, 0.15) is 15.9 Å². The van der Waals surface area contributed by atoms with Crippen molar-refractivity contribution in [1.82, 2.24) is 20.3 Å². The summed E-state index contributed by atoms with van der Waals surface area (Å²) in [5.74, 6) is 0.178. The average Bonchev–Trinajstić information content (AvgIpc) is 3.46. The lowest BCUT2D eigenvalue weighted by Crippen LogP contribution is -2.42. The highest BCUT2D eigenvalue weighted by molar-refractivity contribution is 5.96. The van der Waals surface area contributed by atoms with Crippen molar-refractivity contribution < 1.29 is 19.4 Å². The smallest absolute Gasteiger partial charge is 0.251 e. The van der Waals surface area contributed by atoms with E-state index < -0.39 is 12.1 Å². The quantitative estimate of drug-likeness (QED) is 0.437. The minimum Gasteiger partial charge on any atom is -0.464 e. The Hall–Kier alpha value is -3.82. The molecule has 1 aliphatic rings. The van der Waals surface area contributed by atoms with E-state index in [4.69, 9.17) is 9.52 Å². The highest BCUT2D eigenvalue weighted by Gasteiger charge is 2.34. The van der Waals surface area contributed by atoms with Gasteiger partial charge in [-0.05, 0) is 24.3 Å². The van der Waals surface area contributed by atoms with Crippen molar-refractivity contribution in [2.24, 2.45) is 0 Å². The number of furan rings is 1. The first-order valence-corrected chi connectivity index (χ1v) is 10.2. The average molecular weight is 431 g/mol. The standard InChI is InChI=1S/C23H21N5O4/c29-13-14-9-25-23(26-10-14)28-11-18(19(30)12-28)27-22(31)16-3-1-15(2-4-16)21-17-6-8-32-20(17)5-7-24-21/h1-10,18-19,29-30H,11-13H2,(H,27,31)/t18-,19+/m1/s1. The maximum atomic E-state index is 12.8. The lowest BCUT2D eigenvalue weighted by molar-refractivity contribution is 0.0888. The number of anilines is 1. The summed E-state index contributed by atoms with van der Waals surface area (Å²) in [6.45, 7) is 0.562. The van der Waals surface area contributed by atoms with Crippen LogP contribution < -0.4 is 10.2 Å². The third kappa shape index (κ3) is 3.79. The van der Waals surface area contributed by atoms with Gasteiger partial charge in [-0.2, -0.15) is 0 Å². The van der Waals surface area contributed by atoms with E-state index in [-0.39, 0.29) is 12.5 Å². The van der Waals surface area contributed by atoms with Gasteiger partial charge in [0, 0.05) is 53.8 Å². The summed E-state index contributed by atoms with van der Waals surface area (Å²) in [7, 11) is 0. The third-order valence-corrected chi connectivity index (χ3v) is 5.56. The molecular formula is C23H21N5O4. The van der Waals surface area contributed by atoms with E-state index >= 15 is 0 Å². The fraction of sp³-hybridized carbons (Fsp3) is 0.217. The number of aromatic nitrogens is 3. The lowest BCUT2D eigenvalue weighted by atomic mass is 10.1. The zero-order valence-electron chi connectivity index (χ0n) is 17.0. The Kier molecular flexibility index (Phi) is 5.26. The molecule has 0 unspecified atom stereocenters. The Bertz CT molecular complexity index is 1240. The van der Waals surface area contributed by atoms with Crippen LogP contribution in [-0.2, 0) is 6.61 Å². The molecule has 4 aromatic rings. The molecule has 9 nitrogen and oxygen atoms in total. The van der Waals surface area contributed by atoms with Crippen LogP contribution in [0.25, 0.3) is 22.2 Å². The van der Waals surface area contributed by atoms with E-state index in [1.54, 1.807) is 41.9 Å². The first kappa shape index (κ1) is 20.1. The molecule has 9 heteroatoms. The second-order valence-electron chi connectivity index (χ2n) is 7.67. The molecule has 3 aromatic heterocycles. The van der Waals surface area contributed by atoms with Crippen LogP contribution in [0.2, 0.25) is 0 Å². The molecule has 1 amide bonds. The number of benzene rings is 1. The molecule has 2 atom stereocenters. The van der Waals surface area contributed by atoms with Crippen LogP contribution in [0.15, 0.2) is 65.7 Å². The highest BCUT2D eigenvalue weighted by atomic mass is 16.3. The van der Waals surface area contributed by atoms with Crippen molar-refractivity contribution in [3.05, 3.63) is 72.4 Å². The largest absolute Gasteiger partial charge is 0.464 e. The van der Waals surface area contributed by atoms with Crippen LogP contribution in [0.4, 0.5) is 5.95 Å². The van der Waals surface area contributed by atoms with Crippen LogP contribution in [0.3, 0.4) is 0 Å². The van der Waals surface area contributed by atoms with Gasteiger partial charge < -0.3 is 24.8 Å². The molecular weight excluding hydrogens is 410 g/mol. The Balaban J connectivity index is 1.27. The molecule has 1 fully saturated rings. The van der Waals surface area contributed by atoms with Crippen LogP contribution >= 0.6 is 0 Å². The van der Waals surface area contributed by atoms with Crippen LogP contribution in [0.5, 0.6) is 0 Å². The molecule has 3 N–H and O–H groups in total. The summed E-state index contributed by atoms with van der Waals surface area (Å²) < 4.78 is 5.43. The predicted octanol–water partition coefficient (Wildman–Crippen LogP) is 1.76. The molecule has 4 heterocycles. The predicted molar refractivity (Wildman–Crippen MR) is 117 cm³/mol. The summed E-state index contributed by atoms with van der Waals surface area (Å²) in [6.07, 6.45) is 5.65. The number of hydrogen-bond donors (Lipinski definition) is 3. The van der Waals surface area contributed by atoms with Crippen molar-refractivity contribution in [2.45, 2.75) is 18.8 Å². The van der Waals surface area contributed by atoms with E-state index in [2.05, 4.69) is 20.3 Å². The molecule has 32 heavy (non-hydrogen) atoms. The molecule has 0 bridgehead atoms. The molecule has 1 aromatic carbocycles. The van der Waals surface area contributed by atoms with Gasteiger partial charge in [0.1, 0.15) is 5.58 Å². The Morgan fingerprint density at radius 3 is 2.62 bits per heavy atom. The second kappa shape index (κ2) is 8.37. The van der Waals surface area contributed by atoms with Gasteiger partial charge in [-0.1, -0.05) is 12.1 Å². The number of rotatable bonds is 5. The van der Waals surface area contributed by atoms with Gasteiger partial charge in [0.25, 0.3) is 5.91 Å². The van der Waals surface area contributed by atoms with Gasteiger partial charge in [0.2, 0.25) is 5.95 Å². The fourth-order valence-electron chi connectivity index (χ4n) is 3.84. The topological polar surface area (TPSA) is 125 Å². The molecule has 0 radical (unpaired) electrons. The molecule has 1 saturated heterocycles. The maximum Gasteiger partial charge on any atom is 0.251 e. The molecule has 0 aliphatic carbocycles. The van der Waals surface area contributed by atoms with Gasteiger partial charge in [-0.3, -0.25) is 9.78 Å². The van der Waals surface area contributed by atoms with Crippen molar-refractivity contribution >= 4 is 22.8 Å². The zero-order valence-corrected chi connectivity index (χ0v) is 17.0. The Labute approximate surface area is 183 Å². The highest BCUT2D eigenvalue weighted by Crippen LogP contribution is 2.27. The van der Waals surface area contributed by atoms with Gasteiger partial charge in [-0.25, -0.2) is 9.97 Å². The first-order chi connectivity index (χ1) is 15.6. The maximum absolute atomic E-state index is 12.8. The summed E-state index contributed by atoms with van der Waals surface area (Å²) in [5, 5.41) is 23.3. The lowest BCUT2D eigenvalue weighted by Gasteiger charge is -2.17. The minimum atomic E-state index is -0.748. The van der Waals surface area contributed by atoms with Gasteiger partial charge in [-0.15, -0.1) is 0 Å². The number of nitrogens with one attached hydrogen (secondary N) is 1. The van der Waals surface area contributed by atoms with Crippen molar-refractivity contribution in [1.29, 1.82) is 0 Å². The Morgan fingerprint density at radius 2 is 1.88 bits per heavy atom. The molecule has 1 aliphatic heterocycles. The summed E-state index contributed by atoms with van der Waals surface area (Å²) in [5.41, 5.74) is 3.52. The van der Waals surface area contributed by atoms with E-state index in [1.807, 2.05) is 24.3 Å². The number of aliphatic hydroxyl groups is 2. The van der Waals surface area contributed by atoms with Crippen molar-refractivity contribution in [2.75, 3.05) is 18.0 Å². The van der Waals surface area contributed by atoms with E-state index in [0.717, 1.165) is 22.2 Å². The van der Waals surface area contributed by atoms with Crippen molar-refractivity contribution in [3.8, 4) is 11.3 Å². The SMILES string of the molecule is O=C(N[C@@H]1CN(c2ncc(CO)cn2)C[C@@H]1O)c1ccc(-c2nccc3occc23)cc1. The molecule has 0 spiro atoms. The number of carbonyl (C=O) groups is 1.